The van der Waals surface area contributed by atoms with Gasteiger partial charge >= 0.3 is 5.97 Å². The third-order valence-corrected chi connectivity index (χ3v) is 6.75. The van der Waals surface area contributed by atoms with Crippen molar-refractivity contribution in [3.05, 3.63) is 81.2 Å². The number of carbonyl (C=O) groups is 3. The topological polar surface area (TPSA) is 90.9 Å². The smallest absolute Gasteiger partial charge is 0.341 e. The Labute approximate surface area is 214 Å². The van der Waals surface area contributed by atoms with Crippen molar-refractivity contribution in [1.82, 2.24) is 0 Å². The second kappa shape index (κ2) is 12.2. The molecule has 1 amide bonds. The van der Waals surface area contributed by atoms with Gasteiger partial charge in [0.1, 0.15) is 11.6 Å². The van der Waals surface area contributed by atoms with Gasteiger partial charge in [-0.1, -0.05) is 30.3 Å². The van der Waals surface area contributed by atoms with Crippen molar-refractivity contribution >= 4 is 40.1 Å². The van der Waals surface area contributed by atoms with Crippen LogP contribution in [0.5, 0.6) is 11.5 Å². The van der Waals surface area contributed by atoms with Gasteiger partial charge in [0, 0.05) is 6.08 Å². The Morgan fingerprint density at radius 3 is 2.47 bits per heavy atom. The first-order valence-electron chi connectivity index (χ1n) is 11.4. The predicted molar refractivity (Wildman–Crippen MR) is 141 cm³/mol. The number of nitrogens with one attached hydrogen (secondary N) is 1. The van der Waals surface area contributed by atoms with E-state index in [0.717, 1.165) is 28.0 Å². The van der Waals surface area contributed by atoms with Crippen molar-refractivity contribution in [2.24, 2.45) is 0 Å². The third-order valence-electron chi connectivity index (χ3n) is 5.44. The van der Waals surface area contributed by atoms with Crippen molar-refractivity contribution in [1.29, 1.82) is 0 Å². The van der Waals surface area contributed by atoms with Crippen LogP contribution < -0.4 is 14.8 Å². The molecule has 36 heavy (non-hydrogen) atoms. The molecule has 0 spiro atoms. The molecule has 188 valence electrons. The summed E-state index contributed by atoms with van der Waals surface area (Å²) in [6.45, 7) is 7.40. The molecule has 2 aromatic carbocycles. The highest BCUT2D eigenvalue weighted by Gasteiger charge is 2.24. The van der Waals surface area contributed by atoms with Crippen LogP contribution in [0.2, 0.25) is 0 Å². The van der Waals surface area contributed by atoms with Crippen LogP contribution in [-0.2, 0) is 16.1 Å². The highest BCUT2D eigenvalue weighted by molar-refractivity contribution is 7.18. The summed E-state index contributed by atoms with van der Waals surface area (Å²) in [6, 6.07) is 13.4. The Balaban J connectivity index is 1.74. The first-order chi connectivity index (χ1) is 17.2. The van der Waals surface area contributed by atoms with Crippen LogP contribution in [0.25, 0.3) is 6.08 Å². The predicted octanol–water partition coefficient (Wildman–Crippen LogP) is 5.98. The lowest BCUT2D eigenvalue weighted by Gasteiger charge is -2.12. The minimum atomic E-state index is -0.580. The highest BCUT2D eigenvalue weighted by atomic mass is 32.1. The highest BCUT2D eigenvalue weighted by Crippen LogP contribution is 2.34. The average Bonchev–Trinajstić information content (AvgIpc) is 3.18. The van der Waals surface area contributed by atoms with E-state index < -0.39 is 11.9 Å². The van der Waals surface area contributed by atoms with Crippen LogP contribution in [0.4, 0.5) is 5.00 Å². The Hall–Kier alpha value is -3.91. The number of thiophene rings is 1. The van der Waals surface area contributed by atoms with Gasteiger partial charge in [0.15, 0.2) is 17.3 Å². The molecule has 3 rings (SSSR count). The molecule has 0 saturated carbocycles. The standard InChI is InChI=1S/C28H29NO6S/c1-6-34-28(32)25-18(3)26(19(4)30)36-27(25)29-24(31)14-12-20-11-13-22(23(15-20)33-5)35-16-21-10-8-7-9-17(21)2/h7-15H,6,16H2,1-5H3,(H,29,31). The number of rotatable bonds is 10. The van der Waals surface area contributed by atoms with Crippen LogP contribution in [0.3, 0.4) is 0 Å². The lowest BCUT2D eigenvalue weighted by molar-refractivity contribution is -0.111. The monoisotopic (exact) mass is 507 g/mol. The summed E-state index contributed by atoms with van der Waals surface area (Å²) in [5.74, 6) is -0.0845. The van der Waals surface area contributed by atoms with E-state index in [4.69, 9.17) is 14.2 Å². The van der Waals surface area contributed by atoms with Crippen LogP contribution in [-0.4, -0.2) is 31.4 Å². The van der Waals surface area contributed by atoms with E-state index in [-0.39, 0.29) is 23.0 Å². The Bertz CT molecular complexity index is 1310. The maximum absolute atomic E-state index is 12.6. The molecule has 0 bridgehead atoms. The summed E-state index contributed by atoms with van der Waals surface area (Å²) in [4.78, 5) is 37.4. The fourth-order valence-electron chi connectivity index (χ4n) is 3.55. The van der Waals surface area contributed by atoms with Crippen molar-refractivity contribution in [2.75, 3.05) is 19.0 Å². The van der Waals surface area contributed by atoms with Crippen LogP contribution in [0.1, 0.15) is 56.1 Å². The molecular weight excluding hydrogens is 478 g/mol. The van der Waals surface area contributed by atoms with Gasteiger partial charge in [-0.25, -0.2) is 4.79 Å². The number of amides is 1. The van der Waals surface area contributed by atoms with E-state index in [1.54, 1.807) is 39.2 Å². The zero-order valence-corrected chi connectivity index (χ0v) is 21.8. The van der Waals surface area contributed by atoms with E-state index in [1.807, 2.05) is 37.3 Å². The van der Waals surface area contributed by atoms with Gasteiger partial charge in [-0.2, -0.15) is 0 Å². The minimum Gasteiger partial charge on any atom is -0.493 e. The van der Waals surface area contributed by atoms with Gasteiger partial charge in [-0.15, -0.1) is 11.3 Å². The summed E-state index contributed by atoms with van der Waals surface area (Å²) in [5, 5.41) is 2.98. The second-order valence-electron chi connectivity index (χ2n) is 7.99. The number of anilines is 1. The van der Waals surface area contributed by atoms with Crippen LogP contribution in [0, 0.1) is 13.8 Å². The summed E-state index contributed by atoms with van der Waals surface area (Å²) in [6.07, 6.45) is 2.97. The van der Waals surface area contributed by atoms with E-state index in [2.05, 4.69) is 5.32 Å². The summed E-state index contributed by atoms with van der Waals surface area (Å²) < 4.78 is 16.5. The SMILES string of the molecule is CCOC(=O)c1c(NC(=O)C=Cc2ccc(OCc3ccccc3C)c(OC)c2)sc(C(C)=O)c1C. The fourth-order valence-corrected chi connectivity index (χ4v) is 4.64. The molecule has 0 fully saturated rings. The summed E-state index contributed by atoms with van der Waals surface area (Å²) in [5.41, 5.74) is 3.65. The molecule has 0 saturated heterocycles. The molecule has 0 atom stereocenters. The van der Waals surface area contributed by atoms with E-state index in [1.165, 1.54) is 13.0 Å². The first-order valence-corrected chi connectivity index (χ1v) is 12.2. The lowest BCUT2D eigenvalue weighted by Crippen LogP contribution is -2.12. The quantitative estimate of drug-likeness (QED) is 0.206. The number of benzene rings is 2. The van der Waals surface area contributed by atoms with Crippen molar-refractivity contribution < 1.29 is 28.6 Å². The number of ketones is 1. The second-order valence-corrected chi connectivity index (χ2v) is 9.01. The number of ether oxygens (including phenoxy) is 3. The molecule has 8 heteroatoms. The van der Waals surface area contributed by atoms with Gasteiger partial charge < -0.3 is 19.5 Å². The van der Waals surface area contributed by atoms with Gasteiger partial charge in [0.25, 0.3) is 0 Å². The third kappa shape index (κ3) is 6.40. The van der Waals surface area contributed by atoms with E-state index in [9.17, 15) is 14.4 Å². The average molecular weight is 508 g/mol. The van der Waals surface area contributed by atoms with E-state index in [0.29, 0.717) is 28.5 Å². The van der Waals surface area contributed by atoms with Crippen LogP contribution in [0.15, 0.2) is 48.5 Å². The summed E-state index contributed by atoms with van der Waals surface area (Å²) >= 11 is 1.06. The molecule has 1 N–H and O–H groups in total. The fraction of sp³-hybridized carbons (Fsp3) is 0.250. The van der Waals surface area contributed by atoms with Gasteiger partial charge in [-0.05, 0) is 68.2 Å². The van der Waals surface area contributed by atoms with E-state index >= 15 is 0 Å². The number of Topliss-reactive ketones (excluding diaryl/α,β-unsaturated/α-hetero) is 1. The lowest BCUT2D eigenvalue weighted by atomic mass is 10.1. The zero-order chi connectivity index (χ0) is 26.2. The van der Waals surface area contributed by atoms with Crippen molar-refractivity contribution in [3.63, 3.8) is 0 Å². The molecule has 7 nitrogen and oxygen atoms in total. The maximum atomic E-state index is 12.6. The maximum Gasteiger partial charge on any atom is 0.341 e. The molecule has 0 aliphatic carbocycles. The molecule has 0 aliphatic heterocycles. The van der Waals surface area contributed by atoms with Crippen molar-refractivity contribution in [3.8, 4) is 11.5 Å². The normalized spacial score (nSPS) is 10.8. The molecular formula is C28H29NO6S. The first kappa shape index (κ1) is 26.7. The number of esters is 1. The van der Waals surface area contributed by atoms with Gasteiger partial charge in [0.05, 0.1) is 24.2 Å². The molecule has 0 radical (unpaired) electrons. The minimum absolute atomic E-state index is 0.184. The number of hydrogen-bond donors (Lipinski definition) is 1. The zero-order valence-electron chi connectivity index (χ0n) is 21.0. The summed E-state index contributed by atoms with van der Waals surface area (Å²) in [7, 11) is 1.55. The number of methoxy groups -OCH3 is 1. The van der Waals surface area contributed by atoms with Crippen molar-refractivity contribution in [2.45, 2.75) is 34.3 Å². The number of hydrogen-bond acceptors (Lipinski definition) is 7. The molecule has 1 aromatic heterocycles. The molecule has 0 unspecified atom stereocenters. The van der Waals surface area contributed by atoms with Gasteiger partial charge in [-0.3, -0.25) is 9.59 Å². The molecule has 1 heterocycles. The Morgan fingerprint density at radius 1 is 1.06 bits per heavy atom. The largest absolute Gasteiger partial charge is 0.493 e. The number of aryl methyl sites for hydroxylation is 1. The molecule has 3 aromatic rings. The number of carbonyl (C=O) groups excluding carboxylic acids is 3. The Morgan fingerprint density at radius 2 is 1.81 bits per heavy atom. The Kier molecular flexibility index (Phi) is 9.02. The van der Waals surface area contributed by atoms with Gasteiger partial charge in [0.2, 0.25) is 5.91 Å². The molecule has 0 aliphatic rings. The van der Waals surface area contributed by atoms with Crippen LogP contribution >= 0.6 is 11.3 Å².